The van der Waals surface area contributed by atoms with Crippen molar-refractivity contribution in [2.45, 2.75) is 25.4 Å². The molecule has 0 saturated heterocycles. The van der Waals surface area contributed by atoms with E-state index in [4.69, 9.17) is 5.11 Å². The maximum absolute atomic E-state index is 8.93. The summed E-state index contributed by atoms with van der Waals surface area (Å²) < 4.78 is 0. The lowest BCUT2D eigenvalue weighted by Crippen LogP contribution is -2.00. The summed E-state index contributed by atoms with van der Waals surface area (Å²) in [6.45, 7) is 0. The van der Waals surface area contributed by atoms with E-state index in [1.807, 2.05) is 0 Å². The second-order valence-electron chi connectivity index (χ2n) is 2.88. The summed E-state index contributed by atoms with van der Waals surface area (Å²) in [5.74, 6) is 1.88. The van der Waals surface area contributed by atoms with Gasteiger partial charge in [-0.15, -0.1) is 0 Å². The minimum atomic E-state index is 0.0729. The highest BCUT2D eigenvalue weighted by atomic mass is 16.3. The van der Waals surface area contributed by atoms with Crippen molar-refractivity contribution in [1.82, 2.24) is 0 Å². The molecule has 40 valence electrons. The molecule has 2 aliphatic rings. The van der Waals surface area contributed by atoms with Crippen molar-refractivity contribution >= 4 is 0 Å². The van der Waals surface area contributed by atoms with Crippen molar-refractivity contribution in [3.63, 3.8) is 0 Å². The molecule has 1 N–H and O–H groups in total. The van der Waals surface area contributed by atoms with Gasteiger partial charge in [0, 0.05) is 0 Å². The molecule has 7 heavy (non-hydrogen) atoms. The fraction of sp³-hybridized carbons (Fsp3) is 1.00. The van der Waals surface area contributed by atoms with Gasteiger partial charge in [0.2, 0.25) is 0 Å². The van der Waals surface area contributed by atoms with Crippen LogP contribution in [0.4, 0.5) is 0 Å². The predicted octanol–water partition coefficient (Wildman–Crippen LogP) is 0.777. The summed E-state index contributed by atoms with van der Waals surface area (Å²) in [6, 6.07) is 0. The lowest BCUT2D eigenvalue weighted by atomic mass is 10.2. The molecule has 0 spiro atoms. The Morgan fingerprint density at radius 3 is 1.86 bits per heavy atom. The van der Waals surface area contributed by atoms with Crippen molar-refractivity contribution in [2.75, 3.05) is 0 Å². The second-order valence-corrected chi connectivity index (χ2v) is 2.88. The Kier molecular flexibility index (Phi) is 0.571. The van der Waals surface area contributed by atoms with Gasteiger partial charge in [0.05, 0.1) is 6.10 Å². The monoisotopic (exact) mass is 98.1 g/mol. The molecule has 0 bridgehead atoms. The molecule has 0 radical (unpaired) electrons. The van der Waals surface area contributed by atoms with Crippen molar-refractivity contribution in [1.29, 1.82) is 0 Å². The predicted molar refractivity (Wildman–Crippen MR) is 26.8 cm³/mol. The van der Waals surface area contributed by atoms with Crippen LogP contribution in [-0.4, -0.2) is 11.2 Å². The topological polar surface area (TPSA) is 20.2 Å². The highest BCUT2D eigenvalue weighted by Crippen LogP contribution is 2.51. The zero-order valence-electron chi connectivity index (χ0n) is 4.30. The van der Waals surface area contributed by atoms with Crippen molar-refractivity contribution in [2.24, 2.45) is 11.8 Å². The van der Waals surface area contributed by atoms with Crippen LogP contribution in [0.15, 0.2) is 0 Å². The molecular formula is C6H10O. The molecule has 0 unspecified atom stereocenters. The third kappa shape index (κ3) is 0.480. The van der Waals surface area contributed by atoms with Gasteiger partial charge in [0.1, 0.15) is 0 Å². The molecule has 2 aliphatic carbocycles. The molecule has 1 heteroatoms. The molecule has 2 fully saturated rings. The summed E-state index contributed by atoms with van der Waals surface area (Å²) in [7, 11) is 0. The van der Waals surface area contributed by atoms with Gasteiger partial charge in [0.15, 0.2) is 0 Å². The van der Waals surface area contributed by atoms with Crippen LogP contribution in [0, 0.1) is 11.8 Å². The molecule has 0 aliphatic heterocycles. The highest BCUT2D eigenvalue weighted by Gasteiger charge is 2.44. The number of hydrogen-bond donors (Lipinski definition) is 1. The van der Waals surface area contributed by atoms with E-state index in [0.717, 1.165) is 24.7 Å². The fourth-order valence-electron chi connectivity index (χ4n) is 1.68. The van der Waals surface area contributed by atoms with Gasteiger partial charge in [-0.1, -0.05) is 0 Å². The van der Waals surface area contributed by atoms with E-state index in [9.17, 15) is 0 Å². The van der Waals surface area contributed by atoms with Crippen LogP contribution in [0.5, 0.6) is 0 Å². The van der Waals surface area contributed by atoms with E-state index in [-0.39, 0.29) is 6.10 Å². The first kappa shape index (κ1) is 3.90. The smallest absolute Gasteiger partial charge is 0.0545 e. The van der Waals surface area contributed by atoms with E-state index in [0.29, 0.717) is 0 Å². The average Bonchev–Trinajstić information content (AvgIpc) is 2.15. The van der Waals surface area contributed by atoms with E-state index in [1.165, 1.54) is 6.42 Å². The van der Waals surface area contributed by atoms with E-state index < -0.39 is 0 Å². The third-order valence-electron chi connectivity index (χ3n) is 2.22. The van der Waals surface area contributed by atoms with E-state index in [2.05, 4.69) is 0 Å². The van der Waals surface area contributed by atoms with Crippen LogP contribution in [-0.2, 0) is 0 Å². The summed E-state index contributed by atoms with van der Waals surface area (Å²) in [5.41, 5.74) is 0. The normalized spacial score (nSPS) is 49.3. The number of aliphatic hydroxyl groups excluding tert-OH is 1. The van der Waals surface area contributed by atoms with Gasteiger partial charge in [-0.2, -0.15) is 0 Å². The Bertz CT molecular complexity index is 80.2. The van der Waals surface area contributed by atoms with Crippen LogP contribution in [0.3, 0.4) is 0 Å². The van der Waals surface area contributed by atoms with E-state index in [1.54, 1.807) is 0 Å². The SMILES string of the molecule is OC1C[C@H]2C[C@@H]2C1. The van der Waals surface area contributed by atoms with Gasteiger partial charge >= 0.3 is 0 Å². The van der Waals surface area contributed by atoms with E-state index >= 15 is 0 Å². The summed E-state index contributed by atoms with van der Waals surface area (Å²) in [6.07, 6.45) is 3.69. The first-order valence-electron chi connectivity index (χ1n) is 3.04. The van der Waals surface area contributed by atoms with Gasteiger partial charge < -0.3 is 5.11 Å². The molecule has 2 rings (SSSR count). The zero-order valence-corrected chi connectivity index (χ0v) is 4.30. The number of rotatable bonds is 0. The lowest BCUT2D eigenvalue weighted by Gasteiger charge is -1.98. The highest BCUT2D eigenvalue weighted by molar-refractivity contribution is 4.95. The van der Waals surface area contributed by atoms with Crippen molar-refractivity contribution in [3.8, 4) is 0 Å². The second kappa shape index (κ2) is 1.03. The van der Waals surface area contributed by atoms with Crippen LogP contribution < -0.4 is 0 Å². The molecule has 0 amide bonds. The summed E-state index contributed by atoms with van der Waals surface area (Å²) in [4.78, 5) is 0. The summed E-state index contributed by atoms with van der Waals surface area (Å²) >= 11 is 0. The largest absolute Gasteiger partial charge is 0.393 e. The van der Waals surface area contributed by atoms with Crippen LogP contribution in [0.2, 0.25) is 0 Å². The number of hydrogen-bond acceptors (Lipinski definition) is 1. The first-order valence-corrected chi connectivity index (χ1v) is 3.04. The Labute approximate surface area is 43.3 Å². The molecular weight excluding hydrogens is 88.1 g/mol. The quantitative estimate of drug-likeness (QED) is 0.474. The van der Waals surface area contributed by atoms with Crippen molar-refractivity contribution < 1.29 is 5.11 Å². The van der Waals surface area contributed by atoms with Gasteiger partial charge in [-0.05, 0) is 31.1 Å². The minimum absolute atomic E-state index is 0.0729. The molecule has 2 atom stereocenters. The zero-order chi connectivity index (χ0) is 4.85. The molecule has 0 aromatic heterocycles. The van der Waals surface area contributed by atoms with Gasteiger partial charge in [-0.25, -0.2) is 0 Å². The molecule has 1 nitrogen and oxygen atoms in total. The molecule has 0 aromatic carbocycles. The maximum Gasteiger partial charge on any atom is 0.0545 e. The van der Waals surface area contributed by atoms with Crippen LogP contribution in [0.1, 0.15) is 19.3 Å². The Morgan fingerprint density at radius 1 is 1.00 bits per heavy atom. The Balaban J connectivity index is 2.02. The van der Waals surface area contributed by atoms with Crippen molar-refractivity contribution in [3.05, 3.63) is 0 Å². The minimum Gasteiger partial charge on any atom is -0.393 e. The fourth-order valence-corrected chi connectivity index (χ4v) is 1.68. The van der Waals surface area contributed by atoms with Gasteiger partial charge in [0.25, 0.3) is 0 Å². The summed E-state index contributed by atoms with van der Waals surface area (Å²) in [5, 5.41) is 8.93. The average molecular weight is 98.1 g/mol. The molecule has 0 aromatic rings. The van der Waals surface area contributed by atoms with Crippen LogP contribution >= 0.6 is 0 Å². The first-order chi connectivity index (χ1) is 3.36. The standard InChI is InChI=1S/C6H10O/c7-6-2-4-1-5(4)3-6/h4-7H,1-3H2/t4-,5-/m1/s1. The third-order valence-corrected chi connectivity index (χ3v) is 2.22. The number of fused-ring (bicyclic) bond motifs is 1. The lowest BCUT2D eigenvalue weighted by molar-refractivity contribution is 0.168. The van der Waals surface area contributed by atoms with Gasteiger partial charge in [-0.3, -0.25) is 0 Å². The Morgan fingerprint density at radius 2 is 1.57 bits per heavy atom. The maximum atomic E-state index is 8.93. The Hall–Kier alpha value is -0.0400. The molecule has 2 saturated carbocycles. The molecule has 0 heterocycles. The van der Waals surface area contributed by atoms with Crippen LogP contribution in [0.25, 0.3) is 0 Å². The number of aliphatic hydroxyl groups is 1.